The van der Waals surface area contributed by atoms with Crippen LogP contribution in [0.3, 0.4) is 0 Å². The zero-order chi connectivity index (χ0) is 27.0. The molecule has 1 aliphatic rings. The van der Waals surface area contributed by atoms with Crippen molar-refractivity contribution in [1.82, 2.24) is 10.3 Å². The average Bonchev–Trinajstić information content (AvgIpc) is 3.16. The predicted octanol–water partition coefficient (Wildman–Crippen LogP) is 4.52. The van der Waals surface area contributed by atoms with Crippen LogP contribution in [0.4, 0.5) is 32.2 Å². The summed E-state index contributed by atoms with van der Waals surface area (Å²) in [5, 5.41) is 22.1. The lowest BCUT2D eigenvalue weighted by Crippen LogP contribution is -2.34. The van der Waals surface area contributed by atoms with E-state index in [-0.39, 0.29) is 24.8 Å². The topological polar surface area (TPSA) is 85.7 Å². The first-order valence-electron chi connectivity index (χ1n) is 10.9. The van der Waals surface area contributed by atoms with E-state index in [0.29, 0.717) is 27.9 Å². The van der Waals surface area contributed by atoms with Gasteiger partial charge in [-0.15, -0.1) is 0 Å². The van der Waals surface area contributed by atoms with Gasteiger partial charge in [0.25, 0.3) is 0 Å². The molecule has 2 heterocycles. The molecule has 3 N–H and O–H groups in total. The number of hydrogen-bond acceptors (Lipinski definition) is 5. The zero-order valence-electron chi connectivity index (χ0n) is 19.2. The molecule has 0 radical (unpaired) electrons. The van der Waals surface area contributed by atoms with Gasteiger partial charge in [0, 0.05) is 27.8 Å². The second-order valence-electron chi connectivity index (χ2n) is 8.88. The number of nitrogens with zero attached hydrogens (tertiary/aromatic N) is 2. The molecule has 3 atom stereocenters. The molecule has 1 saturated heterocycles. The van der Waals surface area contributed by atoms with Gasteiger partial charge in [-0.1, -0.05) is 13.8 Å². The molecule has 36 heavy (non-hydrogen) atoms. The molecular weight excluding hydrogens is 607 g/mol. The number of pyridine rings is 1. The number of halogens is 7. The van der Waals surface area contributed by atoms with E-state index < -0.39 is 59.1 Å². The van der Waals surface area contributed by atoms with E-state index in [2.05, 4.69) is 10.3 Å². The molecule has 1 aliphatic heterocycles. The van der Waals surface area contributed by atoms with E-state index in [1.165, 1.54) is 6.20 Å². The van der Waals surface area contributed by atoms with E-state index in [1.807, 2.05) is 22.6 Å². The van der Waals surface area contributed by atoms with Crippen LogP contribution < -0.4 is 10.2 Å². The van der Waals surface area contributed by atoms with E-state index >= 15 is 0 Å². The molecular formula is C23H24F6IN3O3. The first-order valence-corrected chi connectivity index (χ1v) is 12.0. The minimum Gasteiger partial charge on any atom is -0.394 e. The second kappa shape index (κ2) is 10.7. The summed E-state index contributed by atoms with van der Waals surface area (Å²) in [5.74, 6) is -0.803. The molecule has 198 valence electrons. The van der Waals surface area contributed by atoms with Crippen LogP contribution in [0.15, 0.2) is 30.5 Å². The van der Waals surface area contributed by atoms with Gasteiger partial charge in [0.2, 0.25) is 5.91 Å². The number of aliphatic hydroxyl groups is 2. The highest BCUT2D eigenvalue weighted by Crippen LogP contribution is 2.39. The summed E-state index contributed by atoms with van der Waals surface area (Å²) in [4.78, 5) is 18.5. The van der Waals surface area contributed by atoms with Gasteiger partial charge >= 0.3 is 12.4 Å². The molecule has 0 aliphatic carbocycles. The Morgan fingerprint density at radius 2 is 1.72 bits per heavy atom. The molecule has 2 aromatic rings. The Hall–Kier alpha value is -2.13. The number of anilines is 1. The highest BCUT2D eigenvalue weighted by molar-refractivity contribution is 14.1. The Labute approximate surface area is 216 Å². The number of carbonyl (C=O) groups excluding carboxylic acids is 1. The molecule has 3 unspecified atom stereocenters. The van der Waals surface area contributed by atoms with E-state index in [1.54, 1.807) is 24.8 Å². The van der Waals surface area contributed by atoms with Crippen molar-refractivity contribution in [1.29, 1.82) is 0 Å². The van der Waals surface area contributed by atoms with E-state index in [0.717, 1.165) is 0 Å². The van der Waals surface area contributed by atoms with Crippen LogP contribution in [-0.2, 0) is 17.1 Å². The van der Waals surface area contributed by atoms with Crippen molar-refractivity contribution in [2.24, 2.45) is 5.92 Å². The summed E-state index contributed by atoms with van der Waals surface area (Å²) in [7, 11) is 0. The molecule has 0 saturated carbocycles. The van der Waals surface area contributed by atoms with Crippen molar-refractivity contribution in [3.8, 4) is 0 Å². The fourth-order valence-corrected chi connectivity index (χ4v) is 4.67. The Kier molecular flexibility index (Phi) is 8.45. The minimum absolute atomic E-state index is 0.0326. The number of rotatable bonds is 6. The summed E-state index contributed by atoms with van der Waals surface area (Å²) in [6.45, 7) is 3.04. The number of β-amino-alcohol motifs (C(OH)–C–C–N with tert-alkyl or cyclic N) is 1. The number of nitrogens with one attached hydrogen (secondary N) is 1. The van der Waals surface area contributed by atoms with Crippen LogP contribution >= 0.6 is 22.6 Å². The molecule has 3 rings (SSSR count). The van der Waals surface area contributed by atoms with Crippen molar-refractivity contribution < 1.29 is 41.4 Å². The quantitative estimate of drug-likeness (QED) is 0.323. The van der Waals surface area contributed by atoms with Gasteiger partial charge in [0.1, 0.15) is 5.82 Å². The van der Waals surface area contributed by atoms with Crippen LogP contribution in [0, 0.1) is 9.49 Å². The number of aromatic nitrogens is 1. The van der Waals surface area contributed by atoms with Crippen LogP contribution in [0.25, 0.3) is 0 Å². The van der Waals surface area contributed by atoms with Crippen molar-refractivity contribution >= 4 is 34.3 Å². The number of benzene rings is 1. The number of alkyl halides is 6. The van der Waals surface area contributed by atoms with Gasteiger partial charge in [-0.2, -0.15) is 26.3 Å². The molecule has 0 bridgehead atoms. The number of hydrogen-bond donors (Lipinski definition) is 3. The van der Waals surface area contributed by atoms with Gasteiger partial charge in [-0.25, -0.2) is 4.98 Å². The Bertz CT molecular complexity index is 1080. The monoisotopic (exact) mass is 631 g/mol. The van der Waals surface area contributed by atoms with Gasteiger partial charge in [0.05, 0.1) is 35.9 Å². The summed E-state index contributed by atoms with van der Waals surface area (Å²) in [6.07, 6.45) is -9.20. The smallest absolute Gasteiger partial charge is 0.394 e. The lowest BCUT2D eigenvalue weighted by atomic mass is 9.94. The van der Waals surface area contributed by atoms with Crippen LogP contribution in [0.2, 0.25) is 0 Å². The zero-order valence-corrected chi connectivity index (χ0v) is 21.3. The van der Waals surface area contributed by atoms with Crippen molar-refractivity contribution in [2.45, 2.75) is 50.8 Å². The molecule has 1 aromatic heterocycles. The van der Waals surface area contributed by atoms with Crippen LogP contribution in [0.1, 0.15) is 48.6 Å². The Morgan fingerprint density at radius 3 is 2.19 bits per heavy atom. The third-order valence-corrected chi connectivity index (χ3v) is 6.76. The van der Waals surface area contributed by atoms with Gasteiger partial charge in [0.15, 0.2) is 0 Å². The maximum Gasteiger partial charge on any atom is 0.416 e. The summed E-state index contributed by atoms with van der Waals surface area (Å²) in [6, 6.07) is 0.999. The molecule has 1 aromatic carbocycles. The highest BCUT2D eigenvalue weighted by atomic mass is 127. The Morgan fingerprint density at radius 1 is 1.14 bits per heavy atom. The fraction of sp³-hybridized carbons (Fsp3) is 0.478. The van der Waals surface area contributed by atoms with Crippen molar-refractivity contribution in [2.75, 3.05) is 18.1 Å². The van der Waals surface area contributed by atoms with Crippen molar-refractivity contribution in [3.05, 3.63) is 56.3 Å². The fourth-order valence-electron chi connectivity index (χ4n) is 3.94. The average molecular weight is 631 g/mol. The molecule has 1 amide bonds. The van der Waals surface area contributed by atoms with Gasteiger partial charge in [-0.05, 0) is 58.8 Å². The van der Waals surface area contributed by atoms with Crippen molar-refractivity contribution in [3.63, 3.8) is 0 Å². The van der Waals surface area contributed by atoms with E-state index in [9.17, 15) is 41.4 Å². The lowest BCUT2D eigenvalue weighted by molar-refractivity contribution is -0.143. The number of aliphatic hydroxyl groups excluding tert-OH is 2. The lowest BCUT2D eigenvalue weighted by Gasteiger charge is -2.27. The molecule has 1 fully saturated rings. The summed E-state index contributed by atoms with van der Waals surface area (Å²) >= 11 is 1.87. The normalized spacial score (nSPS) is 19.6. The van der Waals surface area contributed by atoms with Crippen LogP contribution in [0.5, 0.6) is 0 Å². The largest absolute Gasteiger partial charge is 0.416 e. The second-order valence-corrected chi connectivity index (χ2v) is 10.0. The summed E-state index contributed by atoms with van der Waals surface area (Å²) < 4.78 is 81.3. The molecule has 6 nitrogen and oxygen atoms in total. The maximum atomic E-state index is 13.5. The minimum atomic E-state index is -5.05. The number of carbonyl (C=O) groups is 1. The molecule has 13 heteroatoms. The highest BCUT2D eigenvalue weighted by Gasteiger charge is 2.38. The van der Waals surface area contributed by atoms with Gasteiger partial charge < -0.3 is 20.4 Å². The SMILES string of the molecule is CC(C)C(=O)NC(c1cc(C(F)(F)F)cc(C(F)(F)F)c1)c1cnc(N2CC(O)CC2CO)cc1I. The predicted molar refractivity (Wildman–Crippen MR) is 127 cm³/mol. The Balaban J connectivity index is 2.14. The number of amides is 1. The maximum absolute atomic E-state index is 13.5. The standard InChI is InChI=1S/C23H24F6IN3O3/c1-11(2)21(36)32-20(12-3-13(22(24,25)26)5-14(4-12)23(27,28)29)17-8-31-19(7-18(17)30)33-9-16(35)6-15(33)10-34/h3-5,7-8,11,15-16,20,34-35H,6,9-10H2,1-2H3,(H,32,36). The summed E-state index contributed by atoms with van der Waals surface area (Å²) in [5.41, 5.74) is -3.19. The van der Waals surface area contributed by atoms with Gasteiger partial charge in [-0.3, -0.25) is 4.79 Å². The molecule has 0 spiro atoms. The van der Waals surface area contributed by atoms with E-state index in [4.69, 9.17) is 0 Å². The van der Waals surface area contributed by atoms with Crippen LogP contribution in [-0.4, -0.2) is 46.4 Å². The first-order chi connectivity index (χ1) is 16.6. The third kappa shape index (κ3) is 6.40. The third-order valence-electron chi connectivity index (χ3n) is 5.83. The first kappa shape index (κ1) is 28.4.